The topological polar surface area (TPSA) is 68.0 Å². The summed E-state index contributed by atoms with van der Waals surface area (Å²) in [7, 11) is 0. The van der Waals surface area contributed by atoms with E-state index in [4.69, 9.17) is 5.73 Å². The normalized spacial score (nSPS) is 10.7. The minimum absolute atomic E-state index is 0.213. The molecule has 0 atom stereocenters. The molecule has 3 aromatic rings. The molecule has 0 bridgehead atoms. The fourth-order valence-electron chi connectivity index (χ4n) is 1.92. The zero-order chi connectivity index (χ0) is 14.1. The number of nitrogens with two attached hydrogens (primary N) is 1. The predicted molar refractivity (Wildman–Crippen MR) is 86.1 cm³/mol. The van der Waals surface area contributed by atoms with Crippen LogP contribution in [0.25, 0.3) is 10.9 Å². The first-order valence-electron chi connectivity index (χ1n) is 5.84. The highest BCUT2D eigenvalue weighted by Crippen LogP contribution is 2.26. The largest absolute Gasteiger partial charge is 0.397 e. The maximum atomic E-state index is 12.2. The van der Waals surface area contributed by atoms with Gasteiger partial charge in [0.25, 0.3) is 5.91 Å². The summed E-state index contributed by atoms with van der Waals surface area (Å²) in [4.78, 5) is 17.1. The Labute approximate surface area is 127 Å². The van der Waals surface area contributed by atoms with Gasteiger partial charge in [-0.25, -0.2) is 0 Å². The van der Waals surface area contributed by atoms with Crippen LogP contribution in [0, 0.1) is 0 Å². The molecule has 2 aromatic heterocycles. The van der Waals surface area contributed by atoms with Crippen LogP contribution in [-0.2, 0) is 0 Å². The number of fused-ring (bicyclic) bond motifs is 1. The zero-order valence-corrected chi connectivity index (χ0v) is 12.7. The highest BCUT2D eigenvalue weighted by molar-refractivity contribution is 9.10. The van der Waals surface area contributed by atoms with Crippen molar-refractivity contribution in [1.82, 2.24) is 4.98 Å². The minimum atomic E-state index is -0.213. The molecule has 0 saturated carbocycles. The first-order chi connectivity index (χ1) is 9.65. The molecule has 4 nitrogen and oxygen atoms in total. The van der Waals surface area contributed by atoms with Crippen molar-refractivity contribution in [2.75, 3.05) is 11.1 Å². The van der Waals surface area contributed by atoms with Crippen LogP contribution in [0.1, 0.15) is 9.67 Å². The third kappa shape index (κ3) is 2.39. The number of aromatic nitrogens is 1. The number of rotatable bonds is 2. The van der Waals surface area contributed by atoms with E-state index in [-0.39, 0.29) is 5.91 Å². The Balaban J connectivity index is 1.99. The van der Waals surface area contributed by atoms with Crippen molar-refractivity contribution in [3.05, 3.63) is 51.3 Å². The maximum Gasteiger partial charge on any atom is 0.267 e. The molecule has 0 fully saturated rings. The molecule has 0 aliphatic heterocycles. The van der Waals surface area contributed by atoms with Gasteiger partial charge >= 0.3 is 0 Å². The summed E-state index contributed by atoms with van der Waals surface area (Å²) in [5.74, 6) is -0.213. The molecule has 6 heteroatoms. The van der Waals surface area contributed by atoms with Gasteiger partial charge in [-0.05, 0) is 39.5 Å². The van der Waals surface area contributed by atoms with Crippen molar-refractivity contribution < 1.29 is 4.79 Å². The number of nitrogens with one attached hydrogen (secondary N) is 1. The minimum Gasteiger partial charge on any atom is -0.397 e. The molecule has 0 aliphatic rings. The van der Waals surface area contributed by atoms with Crippen LogP contribution in [0.3, 0.4) is 0 Å². The summed E-state index contributed by atoms with van der Waals surface area (Å²) < 4.78 is 0.899. The Morgan fingerprint density at radius 1 is 1.35 bits per heavy atom. The molecule has 20 heavy (non-hydrogen) atoms. The summed E-state index contributed by atoms with van der Waals surface area (Å²) in [6, 6.07) is 9.33. The molecule has 1 amide bonds. The smallest absolute Gasteiger partial charge is 0.267 e. The van der Waals surface area contributed by atoms with E-state index in [9.17, 15) is 4.79 Å². The lowest BCUT2D eigenvalue weighted by atomic mass is 10.2. The number of para-hydroxylation sites is 1. The van der Waals surface area contributed by atoms with Crippen molar-refractivity contribution in [3.63, 3.8) is 0 Å². The highest BCUT2D eigenvalue weighted by Gasteiger charge is 2.13. The van der Waals surface area contributed by atoms with Gasteiger partial charge in [0.15, 0.2) is 0 Å². The number of halogens is 1. The molecular weight excluding hydrogens is 338 g/mol. The van der Waals surface area contributed by atoms with E-state index in [0.29, 0.717) is 16.3 Å². The van der Waals surface area contributed by atoms with Gasteiger partial charge in [-0.15, -0.1) is 11.3 Å². The molecule has 0 unspecified atom stereocenters. The first-order valence-corrected chi connectivity index (χ1v) is 7.51. The molecule has 2 heterocycles. The van der Waals surface area contributed by atoms with Crippen molar-refractivity contribution in [2.24, 2.45) is 0 Å². The summed E-state index contributed by atoms with van der Waals surface area (Å²) >= 11 is 4.70. The molecule has 0 radical (unpaired) electrons. The van der Waals surface area contributed by atoms with Gasteiger partial charge in [0, 0.05) is 16.1 Å². The van der Waals surface area contributed by atoms with Gasteiger partial charge in [-0.3, -0.25) is 9.78 Å². The predicted octanol–water partition coefficient (Wildman–Crippen LogP) is 3.89. The number of hydrogen-bond acceptors (Lipinski definition) is 4. The van der Waals surface area contributed by atoms with Gasteiger partial charge in [-0.2, -0.15) is 0 Å². The summed E-state index contributed by atoms with van der Waals surface area (Å²) in [6.45, 7) is 0. The standard InChI is InChI=1S/C14H10BrN3OS/c15-9-6-8-2-1-3-11(12(8)17-7-9)18-14(19)13-10(16)4-5-20-13/h1-7H,16H2,(H,18,19). The Morgan fingerprint density at radius 2 is 2.20 bits per heavy atom. The van der Waals surface area contributed by atoms with Crippen LogP contribution in [0.5, 0.6) is 0 Å². The summed E-state index contributed by atoms with van der Waals surface area (Å²) in [6.07, 6.45) is 1.71. The van der Waals surface area contributed by atoms with Crippen LogP contribution in [0.2, 0.25) is 0 Å². The van der Waals surface area contributed by atoms with Crippen molar-refractivity contribution in [2.45, 2.75) is 0 Å². The second-order valence-corrected chi connectivity index (χ2v) is 6.02. The molecule has 0 saturated heterocycles. The molecule has 3 N–H and O–H groups in total. The van der Waals surface area contributed by atoms with Crippen molar-refractivity contribution in [1.29, 1.82) is 0 Å². The molecule has 3 rings (SSSR count). The lowest BCUT2D eigenvalue weighted by Crippen LogP contribution is -2.12. The number of pyridine rings is 1. The van der Waals surface area contributed by atoms with Gasteiger partial charge in [0.1, 0.15) is 4.88 Å². The van der Waals surface area contributed by atoms with E-state index in [2.05, 4.69) is 26.2 Å². The van der Waals surface area contributed by atoms with E-state index in [1.165, 1.54) is 11.3 Å². The average molecular weight is 348 g/mol. The second-order valence-electron chi connectivity index (χ2n) is 4.19. The first kappa shape index (κ1) is 13.1. The van der Waals surface area contributed by atoms with Crippen LogP contribution in [0.15, 0.2) is 46.4 Å². The van der Waals surface area contributed by atoms with E-state index in [1.54, 1.807) is 17.6 Å². The van der Waals surface area contributed by atoms with E-state index < -0.39 is 0 Å². The Bertz CT molecular complexity index is 800. The van der Waals surface area contributed by atoms with Gasteiger partial charge in [0.2, 0.25) is 0 Å². The molecule has 0 spiro atoms. The fraction of sp³-hybridized carbons (Fsp3) is 0. The number of amides is 1. The zero-order valence-electron chi connectivity index (χ0n) is 10.3. The second kappa shape index (κ2) is 5.22. The summed E-state index contributed by atoms with van der Waals surface area (Å²) in [5, 5.41) is 5.61. The van der Waals surface area contributed by atoms with Crippen LogP contribution >= 0.6 is 27.3 Å². The van der Waals surface area contributed by atoms with Gasteiger partial charge < -0.3 is 11.1 Å². The Hall–Kier alpha value is -1.92. The number of thiophene rings is 1. The third-order valence-electron chi connectivity index (χ3n) is 2.83. The third-order valence-corrected chi connectivity index (χ3v) is 4.19. The van der Waals surface area contributed by atoms with E-state index in [1.807, 2.05) is 24.3 Å². The Kier molecular flexibility index (Phi) is 3.42. The van der Waals surface area contributed by atoms with Crippen LogP contribution < -0.4 is 11.1 Å². The van der Waals surface area contributed by atoms with E-state index >= 15 is 0 Å². The number of carbonyl (C=O) groups excluding carboxylic acids is 1. The number of hydrogen-bond donors (Lipinski definition) is 2. The highest BCUT2D eigenvalue weighted by atomic mass is 79.9. The lowest BCUT2D eigenvalue weighted by Gasteiger charge is -2.07. The maximum absolute atomic E-state index is 12.2. The van der Waals surface area contributed by atoms with Gasteiger partial charge in [0.05, 0.1) is 16.9 Å². The molecule has 0 aliphatic carbocycles. The van der Waals surface area contributed by atoms with Crippen LogP contribution in [0.4, 0.5) is 11.4 Å². The average Bonchev–Trinajstić information content (AvgIpc) is 2.85. The van der Waals surface area contributed by atoms with E-state index in [0.717, 1.165) is 15.4 Å². The van der Waals surface area contributed by atoms with Gasteiger partial charge in [-0.1, -0.05) is 12.1 Å². The molecule has 100 valence electrons. The fourth-order valence-corrected chi connectivity index (χ4v) is 2.98. The van der Waals surface area contributed by atoms with Crippen molar-refractivity contribution >= 4 is 55.5 Å². The molecule has 1 aromatic carbocycles. The number of anilines is 2. The number of carbonyl (C=O) groups is 1. The Morgan fingerprint density at radius 3 is 2.95 bits per heavy atom. The quantitative estimate of drug-likeness (QED) is 0.738. The van der Waals surface area contributed by atoms with Crippen molar-refractivity contribution in [3.8, 4) is 0 Å². The number of nitrogen functional groups attached to an aromatic ring is 1. The SMILES string of the molecule is Nc1ccsc1C(=O)Nc1cccc2cc(Br)cnc12. The molecular formula is C14H10BrN3OS. The summed E-state index contributed by atoms with van der Waals surface area (Å²) in [5.41, 5.74) is 7.67. The number of benzene rings is 1. The monoisotopic (exact) mass is 347 g/mol. The number of nitrogens with zero attached hydrogens (tertiary/aromatic N) is 1. The lowest BCUT2D eigenvalue weighted by molar-refractivity contribution is 0.103. The van der Waals surface area contributed by atoms with Crippen LogP contribution in [-0.4, -0.2) is 10.9 Å².